The molecule has 1 aliphatic rings. The van der Waals surface area contributed by atoms with Gasteiger partial charge >= 0.3 is 0 Å². The summed E-state index contributed by atoms with van der Waals surface area (Å²) in [6.07, 6.45) is 1.35. The maximum atomic E-state index is 13.1. The number of aryl methyl sites for hydroxylation is 2. The molecule has 5 rings (SSSR count). The van der Waals surface area contributed by atoms with E-state index in [4.69, 9.17) is 5.73 Å². The number of hydrogen-bond donors (Lipinski definition) is 2. The zero-order chi connectivity index (χ0) is 27.5. The molecule has 39 heavy (non-hydrogen) atoms. The molecule has 3 heterocycles. The molecule has 3 N–H and O–H groups in total. The Kier molecular flexibility index (Phi) is 7.36. The molecule has 2 aromatic carbocycles. The van der Waals surface area contributed by atoms with E-state index in [0.717, 1.165) is 49.5 Å². The number of anilines is 1. The van der Waals surface area contributed by atoms with Crippen LogP contribution in [0.15, 0.2) is 48.7 Å². The first kappa shape index (κ1) is 26.0. The van der Waals surface area contributed by atoms with Gasteiger partial charge in [0.2, 0.25) is 11.7 Å². The van der Waals surface area contributed by atoms with Crippen molar-refractivity contribution in [3.63, 3.8) is 0 Å². The summed E-state index contributed by atoms with van der Waals surface area (Å²) in [7, 11) is 2.16. The number of piperazine rings is 1. The van der Waals surface area contributed by atoms with Crippen LogP contribution in [0.1, 0.15) is 48.8 Å². The molecule has 0 unspecified atom stereocenters. The van der Waals surface area contributed by atoms with E-state index in [-0.39, 0.29) is 11.5 Å². The molecular weight excluding hydrogens is 492 g/mol. The van der Waals surface area contributed by atoms with Crippen molar-refractivity contribution < 1.29 is 9.59 Å². The molecule has 0 spiro atoms. The molecule has 10 nitrogen and oxygen atoms in total. The fourth-order valence-corrected chi connectivity index (χ4v) is 4.43. The summed E-state index contributed by atoms with van der Waals surface area (Å²) in [4.78, 5) is 29.3. The van der Waals surface area contributed by atoms with E-state index in [9.17, 15) is 9.59 Å². The predicted molar refractivity (Wildman–Crippen MR) is 148 cm³/mol. The standard InChI is InChI=1S/C29H30N8O2/c1-19-4-5-22(15-21(19)7-9-26-33-34-27-16-24(28(30)38)17-31-37(26)27)29(39)32-25-8-6-23(20(2)14-25)18-36-12-10-35(3)11-13-36/h4-6,8,14-17H,10-13,18H2,1-3H3,(H2,30,38)(H,32,39). The van der Waals surface area contributed by atoms with Gasteiger partial charge in [0.05, 0.1) is 11.8 Å². The molecule has 198 valence electrons. The number of carbonyl (C=O) groups excluding carboxylic acids is 2. The van der Waals surface area contributed by atoms with Gasteiger partial charge in [0.25, 0.3) is 5.91 Å². The van der Waals surface area contributed by atoms with Gasteiger partial charge in [-0.1, -0.05) is 18.1 Å². The van der Waals surface area contributed by atoms with Crippen molar-refractivity contribution in [2.24, 2.45) is 5.73 Å². The number of benzene rings is 2. The first-order chi connectivity index (χ1) is 18.8. The van der Waals surface area contributed by atoms with E-state index in [0.29, 0.717) is 22.6 Å². The first-order valence-electron chi connectivity index (χ1n) is 12.7. The number of likely N-dealkylation sites (N-methyl/N-ethyl adjacent to an activating group) is 1. The van der Waals surface area contributed by atoms with Crippen LogP contribution in [0.5, 0.6) is 0 Å². The molecule has 0 aliphatic carbocycles. The Hall–Kier alpha value is -4.59. The van der Waals surface area contributed by atoms with Crippen LogP contribution < -0.4 is 11.1 Å². The zero-order valence-electron chi connectivity index (χ0n) is 22.2. The van der Waals surface area contributed by atoms with Crippen molar-refractivity contribution in [1.82, 2.24) is 29.6 Å². The van der Waals surface area contributed by atoms with Gasteiger partial charge < -0.3 is 16.0 Å². The number of fused-ring (bicyclic) bond motifs is 1. The second-order valence-corrected chi connectivity index (χ2v) is 9.86. The van der Waals surface area contributed by atoms with Gasteiger partial charge in [0, 0.05) is 49.5 Å². The lowest BCUT2D eigenvalue weighted by Crippen LogP contribution is -2.43. The molecule has 2 aromatic heterocycles. The molecule has 1 aliphatic heterocycles. The van der Waals surface area contributed by atoms with E-state index in [1.807, 2.05) is 25.1 Å². The zero-order valence-corrected chi connectivity index (χ0v) is 22.2. The number of carbonyl (C=O) groups is 2. The Morgan fingerprint density at radius 3 is 2.49 bits per heavy atom. The smallest absolute Gasteiger partial charge is 0.255 e. The van der Waals surface area contributed by atoms with E-state index < -0.39 is 5.91 Å². The quantitative estimate of drug-likeness (QED) is 0.386. The van der Waals surface area contributed by atoms with Crippen molar-refractivity contribution >= 4 is 23.1 Å². The highest BCUT2D eigenvalue weighted by Gasteiger charge is 2.15. The minimum atomic E-state index is -0.594. The van der Waals surface area contributed by atoms with Gasteiger partial charge in [0.15, 0.2) is 5.65 Å². The fraction of sp³-hybridized carbons (Fsp3) is 0.276. The predicted octanol–water partition coefficient (Wildman–Crippen LogP) is 2.24. The number of rotatable bonds is 5. The van der Waals surface area contributed by atoms with Crippen LogP contribution in [0.3, 0.4) is 0 Å². The summed E-state index contributed by atoms with van der Waals surface area (Å²) in [5.74, 6) is 5.53. The van der Waals surface area contributed by atoms with E-state index in [1.165, 1.54) is 22.3 Å². The lowest BCUT2D eigenvalue weighted by atomic mass is 10.0. The normalized spacial score (nSPS) is 14.1. The van der Waals surface area contributed by atoms with Gasteiger partial charge in [-0.2, -0.15) is 9.61 Å². The van der Waals surface area contributed by atoms with Gasteiger partial charge in [-0.05, 0) is 73.8 Å². The van der Waals surface area contributed by atoms with Crippen molar-refractivity contribution in [3.05, 3.63) is 87.9 Å². The lowest BCUT2D eigenvalue weighted by molar-refractivity contribution is 0.0997. The third-order valence-corrected chi connectivity index (χ3v) is 6.95. The maximum Gasteiger partial charge on any atom is 0.255 e. The summed E-state index contributed by atoms with van der Waals surface area (Å²) < 4.78 is 1.43. The Morgan fingerprint density at radius 2 is 1.74 bits per heavy atom. The van der Waals surface area contributed by atoms with Gasteiger partial charge in [0.1, 0.15) is 0 Å². The van der Waals surface area contributed by atoms with Crippen molar-refractivity contribution in [1.29, 1.82) is 0 Å². The topological polar surface area (TPSA) is 122 Å². The van der Waals surface area contributed by atoms with Crippen molar-refractivity contribution in [3.8, 4) is 11.8 Å². The largest absolute Gasteiger partial charge is 0.366 e. The monoisotopic (exact) mass is 522 g/mol. The SMILES string of the molecule is Cc1ccc(C(=O)Nc2ccc(CN3CCN(C)CC3)c(C)c2)cc1C#Cc1nnc2cc(C(N)=O)cnn12. The fourth-order valence-electron chi connectivity index (χ4n) is 4.43. The molecule has 0 atom stereocenters. The summed E-state index contributed by atoms with van der Waals surface area (Å²) in [6, 6.07) is 13.0. The minimum absolute atomic E-state index is 0.210. The average Bonchev–Trinajstić information content (AvgIpc) is 3.33. The van der Waals surface area contributed by atoms with Gasteiger partial charge in [-0.15, -0.1) is 10.2 Å². The Bertz CT molecular complexity index is 1620. The van der Waals surface area contributed by atoms with Crippen LogP contribution >= 0.6 is 0 Å². The molecule has 0 bridgehead atoms. The number of nitrogens with one attached hydrogen (secondary N) is 1. The summed E-state index contributed by atoms with van der Waals surface area (Å²) in [6.45, 7) is 9.21. The average molecular weight is 523 g/mol. The summed E-state index contributed by atoms with van der Waals surface area (Å²) in [5, 5.41) is 15.2. The molecule has 4 aromatic rings. The highest BCUT2D eigenvalue weighted by molar-refractivity contribution is 6.04. The molecule has 2 amide bonds. The van der Waals surface area contributed by atoms with Crippen LogP contribution in [-0.2, 0) is 6.54 Å². The number of nitrogens with zero attached hydrogens (tertiary/aromatic N) is 6. The second kappa shape index (κ2) is 11.0. The van der Waals surface area contributed by atoms with E-state index in [2.05, 4.69) is 62.3 Å². The first-order valence-corrected chi connectivity index (χ1v) is 12.7. The maximum absolute atomic E-state index is 13.1. The number of hydrogen-bond acceptors (Lipinski definition) is 7. The molecule has 0 saturated carbocycles. The molecule has 0 radical (unpaired) electrons. The molecule has 10 heteroatoms. The highest BCUT2D eigenvalue weighted by atomic mass is 16.2. The molecular formula is C29H30N8O2. The molecule has 1 fully saturated rings. The van der Waals surface area contributed by atoms with E-state index >= 15 is 0 Å². The van der Waals surface area contributed by atoms with Crippen LogP contribution in [0.25, 0.3) is 5.65 Å². The Labute approximate surface area is 226 Å². The van der Waals surface area contributed by atoms with Crippen LogP contribution in [-0.4, -0.2) is 74.7 Å². The Balaban J connectivity index is 1.29. The summed E-state index contributed by atoms with van der Waals surface area (Å²) in [5.41, 5.74) is 11.2. The molecule has 1 saturated heterocycles. The van der Waals surface area contributed by atoms with Crippen LogP contribution in [0, 0.1) is 25.7 Å². The van der Waals surface area contributed by atoms with Crippen molar-refractivity contribution in [2.45, 2.75) is 20.4 Å². The second-order valence-electron chi connectivity index (χ2n) is 9.86. The highest BCUT2D eigenvalue weighted by Crippen LogP contribution is 2.19. The number of amides is 2. The van der Waals surface area contributed by atoms with Gasteiger partial charge in [-0.3, -0.25) is 14.5 Å². The lowest BCUT2D eigenvalue weighted by Gasteiger charge is -2.32. The third-order valence-electron chi connectivity index (χ3n) is 6.95. The third kappa shape index (κ3) is 5.95. The number of nitrogens with two attached hydrogens (primary N) is 1. The van der Waals surface area contributed by atoms with Gasteiger partial charge in [-0.25, -0.2) is 0 Å². The number of primary amides is 1. The van der Waals surface area contributed by atoms with Crippen molar-refractivity contribution in [2.75, 3.05) is 38.5 Å². The Morgan fingerprint density at radius 1 is 0.949 bits per heavy atom. The van der Waals surface area contributed by atoms with E-state index in [1.54, 1.807) is 12.1 Å². The summed E-state index contributed by atoms with van der Waals surface area (Å²) >= 11 is 0. The number of aromatic nitrogens is 4. The van der Waals surface area contributed by atoms with Crippen LogP contribution in [0.4, 0.5) is 5.69 Å². The van der Waals surface area contributed by atoms with Crippen LogP contribution in [0.2, 0.25) is 0 Å². The minimum Gasteiger partial charge on any atom is -0.366 e.